The van der Waals surface area contributed by atoms with Crippen LogP contribution in [0.15, 0.2) is 4.99 Å². The topological polar surface area (TPSA) is 54.9 Å². The lowest BCUT2D eigenvalue weighted by Crippen LogP contribution is -2.40. The van der Waals surface area contributed by atoms with Gasteiger partial charge in [-0.25, -0.2) is 0 Å². The van der Waals surface area contributed by atoms with Crippen molar-refractivity contribution >= 4 is 29.9 Å². The van der Waals surface area contributed by atoms with Crippen molar-refractivity contribution in [2.75, 3.05) is 46.6 Å². The molecule has 2 N–H and O–H groups in total. The van der Waals surface area contributed by atoms with Crippen LogP contribution in [0.3, 0.4) is 0 Å². The summed E-state index contributed by atoms with van der Waals surface area (Å²) in [5.41, 5.74) is 0.442. The fourth-order valence-corrected chi connectivity index (χ4v) is 2.82. The molecule has 1 rings (SSSR count). The molecule has 0 atom stereocenters. The van der Waals surface area contributed by atoms with Crippen molar-refractivity contribution in [2.24, 2.45) is 10.4 Å². The molecule has 5 nitrogen and oxygen atoms in total. The molecule has 6 heteroatoms. The summed E-state index contributed by atoms with van der Waals surface area (Å²) in [6, 6.07) is 0. The van der Waals surface area contributed by atoms with Crippen molar-refractivity contribution in [1.82, 2.24) is 10.6 Å². The molecule has 0 saturated heterocycles. The summed E-state index contributed by atoms with van der Waals surface area (Å²) in [4.78, 5) is 4.79. The van der Waals surface area contributed by atoms with Gasteiger partial charge in [-0.1, -0.05) is 19.8 Å². The normalized spacial score (nSPS) is 17.1. The summed E-state index contributed by atoms with van der Waals surface area (Å²) in [6.07, 6.45) is 6.61. The molecule has 0 aliphatic heterocycles. The highest BCUT2D eigenvalue weighted by Crippen LogP contribution is 2.41. The largest absolute Gasteiger partial charge is 0.382 e. The third kappa shape index (κ3) is 8.53. The molecule has 0 amide bonds. The average molecular weight is 427 g/mol. The molecule has 0 heterocycles. The first-order chi connectivity index (χ1) is 10.3. The van der Waals surface area contributed by atoms with Crippen LogP contribution in [0.5, 0.6) is 0 Å². The number of nitrogens with one attached hydrogen (secondary N) is 2. The highest BCUT2D eigenvalue weighted by Gasteiger charge is 2.31. The van der Waals surface area contributed by atoms with E-state index in [4.69, 9.17) is 14.5 Å². The Morgan fingerprint density at radius 1 is 1.09 bits per heavy atom. The fraction of sp³-hybridized carbons (Fsp3) is 0.938. The molecule has 0 radical (unpaired) electrons. The van der Waals surface area contributed by atoms with E-state index in [-0.39, 0.29) is 24.0 Å². The zero-order chi connectivity index (χ0) is 15.4. The smallest absolute Gasteiger partial charge is 0.191 e. The van der Waals surface area contributed by atoms with Crippen LogP contribution in [-0.4, -0.2) is 52.5 Å². The molecule has 132 valence electrons. The number of halogens is 1. The lowest BCUT2D eigenvalue weighted by atomic mass is 9.84. The highest BCUT2D eigenvalue weighted by atomic mass is 127. The van der Waals surface area contributed by atoms with Crippen molar-refractivity contribution in [3.63, 3.8) is 0 Å². The Hall–Kier alpha value is -0.0800. The second-order valence-corrected chi connectivity index (χ2v) is 5.79. The van der Waals surface area contributed by atoms with E-state index < -0.39 is 0 Å². The first-order valence-electron chi connectivity index (χ1n) is 8.35. The zero-order valence-electron chi connectivity index (χ0n) is 14.5. The Labute approximate surface area is 153 Å². The second kappa shape index (κ2) is 13.4. The van der Waals surface area contributed by atoms with Gasteiger partial charge < -0.3 is 20.1 Å². The van der Waals surface area contributed by atoms with Crippen molar-refractivity contribution in [3.05, 3.63) is 0 Å². The molecule has 0 bridgehead atoms. The van der Waals surface area contributed by atoms with Crippen molar-refractivity contribution in [2.45, 2.75) is 46.0 Å². The molecule has 0 aromatic carbocycles. The van der Waals surface area contributed by atoms with Crippen molar-refractivity contribution in [1.29, 1.82) is 0 Å². The monoisotopic (exact) mass is 427 g/mol. The predicted molar refractivity (Wildman–Crippen MR) is 103 cm³/mol. The number of hydrogen-bond acceptors (Lipinski definition) is 3. The Balaban J connectivity index is 0.00000441. The van der Waals surface area contributed by atoms with Crippen LogP contribution in [0, 0.1) is 5.41 Å². The van der Waals surface area contributed by atoms with Crippen LogP contribution in [0.4, 0.5) is 0 Å². The molecule has 0 unspecified atom stereocenters. The quantitative estimate of drug-likeness (QED) is 0.244. The maximum Gasteiger partial charge on any atom is 0.191 e. The SMILES string of the molecule is CCNC(=NCC1(CC)CCCC1)NCCOCCOC.I. The molecular formula is C16H34IN3O2. The van der Waals surface area contributed by atoms with E-state index in [0.29, 0.717) is 25.2 Å². The molecule has 0 spiro atoms. The van der Waals surface area contributed by atoms with Crippen LogP contribution in [0.1, 0.15) is 46.0 Å². The van der Waals surface area contributed by atoms with Crippen LogP contribution in [0.2, 0.25) is 0 Å². The number of rotatable bonds is 10. The molecule has 1 aliphatic carbocycles. The first kappa shape index (κ1) is 21.9. The van der Waals surface area contributed by atoms with Crippen LogP contribution in [0.25, 0.3) is 0 Å². The fourth-order valence-electron chi connectivity index (χ4n) is 2.82. The maximum absolute atomic E-state index is 5.45. The predicted octanol–water partition coefficient (Wildman–Crippen LogP) is 2.79. The first-order valence-corrected chi connectivity index (χ1v) is 8.35. The van der Waals surface area contributed by atoms with Gasteiger partial charge >= 0.3 is 0 Å². The van der Waals surface area contributed by atoms with E-state index in [1.54, 1.807) is 7.11 Å². The lowest BCUT2D eigenvalue weighted by Gasteiger charge is -2.25. The Morgan fingerprint density at radius 3 is 2.41 bits per heavy atom. The Morgan fingerprint density at radius 2 is 1.82 bits per heavy atom. The number of aliphatic imine (C=N–C) groups is 1. The number of nitrogens with zero attached hydrogens (tertiary/aromatic N) is 1. The summed E-state index contributed by atoms with van der Waals surface area (Å²) < 4.78 is 10.4. The zero-order valence-corrected chi connectivity index (χ0v) is 16.8. The molecule has 22 heavy (non-hydrogen) atoms. The summed E-state index contributed by atoms with van der Waals surface area (Å²) in [5.74, 6) is 0.910. The summed E-state index contributed by atoms with van der Waals surface area (Å²) >= 11 is 0. The van der Waals surface area contributed by atoms with Gasteiger partial charge in [0.25, 0.3) is 0 Å². The van der Waals surface area contributed by atoms with Crippen molar-refractivity contribution < 1.29 is 9.47 Å². The van der Waals surface area contributed by atoms with E-state index in [9.17, 15) is 0 Å². The van der Waals surface area contributed by atoms with Crippen LogP contribution >= 0.6 is 24.0 Å². The second-order valence-electron chi connectivity index (χ2n) is 5.79. The Kier molecular flexibility index (Phi) is 13.3. The van der Waals surface area contributed by atoms with E-state index in [1.165, 1.54) is 32.1 Å². The molecule has 1 fully saturated rings. The van der Waals surface area contributed by atoms with E-state index in [0.717, 1.165) is 25.6 Å². The van der Waals surface area contributed by atoms with Gasteiger partial charge in [0.2, 0.25) is 0 Å². The van der Waals surface area contributed by atoms with Gasteiger partial charge in [0.05, 0.1) is 19.8 Å². The van der Waals surface area contributed by atoms with Gasteiger partial charge in [0.1, 0.15) is 0 Å². The van der Waals surface area contributed by atoms with E-state index >= 15 is 0 Å². The standard InChI is InChI=1S/C16H33N3O2.HI/c1-4-16(8-6-7-9-16)14-19-15(17-5-2)18-10-11-21-13-12-20-3;/h4-14H2,1-3H3,(H2,17,18,19);1H. The average Bonchev–Trinajstić information content (AvgIpc) is 2.97. The molecule has 1 saturated carbocycles. The van der Waals surface area contributed by atoms with E-state index in [1.807, 2.05) is 0 Å². The minimum atomic E-state index is 0. The summed E-state index contributed by atoms with van der Waals surface area (Å²) in [7, 11) is 1.68. The highest BCUT2D eigenvalue weighted by molar-refractivity contribution is 14.0. The van der Waals surface area contributed by atoms with Gasteiger partial charge in [0, 0.05) is 26.7 Å². The minimum Gasteiger partial charge on any atom is -0.382 e. The number of hydrogen-bond donors (Lipinski definition) is 2. The molecule has 0 aromatic heterocycles. The van der Waals surface area contributed by atoms with Crippen LogP contribution in [-0.2, 0) is 9.47 Å². The van der Waals surface area contributed by atoms with Gasteiger partial charge in [-0.3, -0.25) is 4.99 Å². The molecule has 0 aromatic rings. The van der Waals surface area contributed by atoms with Gasteiger partial charge in [-0.05, 0) is 31.6 Å². The molecular weight excluding hydrogens is 393 g/mol. The maximum atomic E-state index is 5.45. The van der Waals surface area contributed by atoms with Gasteiger partial charge in [0.15, 0.2) is 5.96 Å². The van der Waals surface area contributed by atoms with Gasteiger partial charge in [-0.2, -0.15) is 0 Å². The van der Waals surface area contributed by atoms with E-state index in [2.05, 4.69) is 24.5 Å². The third-order valence-electron chi connectivity index (χ3n) is 4.30. The lowest BCUT2D eigenvalue weighted by molar-refractivity contribution is 0.0733. The summed E-state index contributed by atoms with van der Waals surface area (Å²) in [6.45, 7) is 8.94. The molecule has 1 aliphatic rings. The number of methoxy groups -OCH3 is 1. The number of ether oxygens (including phenoxy) is 2. The summed E-state index contributed by atoms with van der Waals surface area (Å²) in [5, 5.41) is 6.64. The Bertz CT molecular complexity index is 295. The van der Waals surface area contributed by atoms with Crippen LogP contribution < -0.4 is 10.6 Å². The van der Waals surface area contributed by atoms with Gasteiger partial charge in [-0.15, -0.1) is 24.0 Å². The van der Waals surface area contributed by atoms with Crippen molar-refractivity contribution in [3.8, 4) is 0 Å². The minimum absolute atomic E-state index is 0. The number of guanidine groups is 1. The third-order valence-corrected chi connectivity index (χ3v) is 4.30.